The SMILES string of the molecule is Cn1nccc1Nc1nccc(-c2cc3c(s2)C(C)(C)N(CC(=O)NC(CO)c2cccc(Cl)c2)C3=O)n1. The second kappa shape index (κ2) is 10.2. The number of carbonyl (C=O) groups is 2. The molecule has 12 heteroatoms. The van der Waals surface area contributed by atoms with E-state index in [0.29, 0.717) is 27.8 Å². The molecule has 0 saturated heterocycles. The van der Waals surface area contributed by atoms with Crippen LogP contribution in [0.4, 0.5) is 11.8 Å². The van der Waals surface area contributed by atoms with Gasteiger partial charge in [-0.1, -0.05) is 23.7 Å². The summed E-state index contributed by atoms with van der Waals surface area (Å²) in [6.07, 6.45) is 3.34. The van der Waals surface area contributed by atoms with Crippen LogP contribution < -0.4 is 10.6 Å². The Balaban J connectivity index is 1.32. The minimum atomic E-state index is -0.708. The van der Waals surface area contributed by atoms with Crippen LogP contribution in [-0.2, 0) is 17.4 Å². The molecule has 1 aliphatic rings. The number of amides is 2. The van der Waals surface area contributed by atoms with Crippen molar-refractivity contribution in [1.82, 2.24) is 30.0 Å². The molecule has 10 nitrogen and oxygen atoms in total. The summed E-state index contributed by atoms with van der Waals surface area (Å²) in [5.41, 5.74) is 1.21. The van der Waals surface area contributed by atoms with Crippen molar-refractivity contribution in [2.24, 2.45) is 7.05 Å². The molecule has 3 aromatic heterocycles. The summed E-state index contributed by atoms with van der Waals surface area (Å²) in [5.74, 6) is 0.567. The topological polar surface area (TPSA) is 125 Å². The predicted octanol–water partition coefficient (Wildman–Crippen LogP) is 3.88. The lowest BCUT2D eigenvalue weighted by atomic mass is 10.0. The summed E-state index contributed by atoms with van der Waals surface area (Å²) >= 11 is 7.53. The molecule has 0 fully saturated rings. The number of hydrogen-bond acceptors (Lipinski definition) is 8. The number of hydrogen-bond donors (Lipinski definition) is 3. The van der Waals surface area contributed by atoms with Gasteiger partial charge in [0.05, 0.1) is 40.5 Å². The first-order chi connectivity index (χ1) is 18.2. The molecule has 0 radical (unpaired) electrons. The van der Waals surface area contributed by atoms with E-state index in [1.54, 1.807) is 52.3 Å². The first-order valence-corrected chi connectivity index (χ1v) is 13.1. The molecule has 2 amide bonds. The number of anilines is 2. The van der Waals surface area contributed by atoms with Gasteiger partial charge in [0.2, 0.25) is 11.9 Å². The average Bonchev–Trinajstić information content (AvgIpc) is 3.56. The van der Waals surface area contributed by atoms with Crippen molar-refractivity contribution in [1.29, 1.82) is 0 Å². The van der Waals surface area contributed by atoms with Gasteiger partial charge < -0.3 is 20.6 Å². The first-order valence-electron chi connectivity index (χ1n) is 11.9. The molecule has 4 aromatic rings. The van der Waals surface area contributed by atoms with E-state index < -0.39 is 11.6 Å². The Kier molecular flexibility index (Phi) is 6.91. The molecular formula is C26H26ClN7O3S. The van der Waals surface area contributed by atoms with Gasteiger partial charge in [0, 0.05) is 29.2 Å². The van der Waals surface area contributed by atoms with Gasteiger partial charge in [-0.2, -0.15) is 5.10 Å². The monoisotopic (exact) mass is 551 g/mol. The number of carbonyl (C=O) groups excluding carboxylic acids is 2. The van der Waals surface area contributed by atoms with Crippen LogP contribution in [0.15, 0.2) is 54.9 Å². The molecule has 0 aliphatic carbocycles. The van der Waals surface area contributed by atoms with Gasteiger partial charge in [0.25, 0.3) is 5.91 Å². The second-order valence-corrected chi connectivity index (χ2v) is 10.9. The summed E-state index contributed by atoms with van der Waals surface area (Å²) < 4.78 is 1.68. The molecule has 1 unspecified atom stereocenters. The third-order valence-electron chi connectivity index (χ3n) is 6.48. The number of nitrogens with one attached hydrogen (secondary N) is 2. The number of aryl methyl sites for hydroxylation is 1. The van der Waals surface area contributed by atoms with Gasteiger partial charge in [-0.15, -0.1) is 11.3 Å². The summed E-state index contributed by atoms with van der Waals surface area (Å²) in [6, 6.07) is 11.8. The van der Waals surface area contributed by atoms with Crippen molar-refractivity contribution in [3.63, 3.8) is 0 Å². The van der Waals surface area contributed by atoms with Crippen molar-refractivity contribution in [2.45, 2.75) is 25.4 Å². The number of rotatable bonds is 8. The molecule has 5 rings (SSSR count). The molecule has 38 heavy (non-hydrogen) atoms. The summed E-state index contributed by atoms with van der Waals surface area (Å²) in [4.78, 5) is 38.5. The highest BCUT2D eigenvalue weighted by Crippen LogP contribution is 2.46. The van der Waals surface area contributed by atoms with Gasteiger partial charge in [0.15, 0.2) is 0 Å². The Bertz CT molecular complexity index is 1520. The van der Waals surface area contributed by atoms with Crippen LogP contribution >= 0.6 is 22.9 Å². The number of aliphatic hydroxyl groups is 1. The summed E-state index contributed by atoms with van der Waals surface area (Å²) in [5, 5.41) is 20.4. The molecule has 1 atom stereocenters. The summed E-state index contributed by atoms with van der Waals surface area (Å²) in [7, 11) is 1.82. The molecule has 0 saturated carbocycles. The van der Waals surface area contributed by atoms with Crippen molar-refractivity contribution in [2.75, 3.05) is 18.5 Å². The van der Waals surface area contributed by atoms with Gasteiger partial charge in [-0.3, -0.25) is 14.3 Å². The zero-order chi connectivity index (χ0) is 27.0. The summed E-state index contributed by atoms with van der Waals surface area (Å²) in [6.45, 7) is 3.39. The van der Waals surface area contributed by atoms with E-state index in [1.807, 2.05) is 33.0 Å². The van der Waals surface area contributed by atoms with Crippen molar-refractivity contribution in [3.05, 3.63) is 75.9 Å². The first kappa shape index (κ1) is 25.8. The lowest BCUT2D eigenvalue weighted by molar-refractivity contribution is -0.123. The molecule has 3 N–H and O–H groups in total. The zero-order valence-electron chi connectivity index (χ0n) is 21.0. The van der Waals surface area contributed by atoms with Crippen LogP contribution in [0.25, 0.3) is 10.6 Å². The smallest absolute Gasteiger partial charge is 0.256 e. The Morgan fingerprint density at radius 3 is 2.71 bits per heavy atom. The van der Waals surface area contributed by atoms with Crippen molar-refractivity contribution in [3.8, 4) is 10.6 Å². The molecule has 0 spiro atoms. The minimum absolute atomic E-state index is 0.147. The van der Waals surface area contributed by atoms with Crippen LogP contribution in [0.2, 0.25) is 5.02 Å². The van der Waals surface area contributed by atoms with Crippen LogP contribution in [0.3, 0.4) is 0 Å². The van der Waals surface area contributed by atoms with Crippen molar-refractivity contribution < 1.29 is 14.7 Å². The van der Waals surface area contributed by atoms with Gasteiger partial charge in [0.1, 0.15) is 12.4 Å². The number of nitrogens with zero attached hydrogens (tertiary/aromatic N) is 5. The van der Waals surface area contributed by atoms with Crippen LogP contribution in [0.1, 0.15) is 40.7 Å². The number of aliphatic hydroxyl groups excluding tert-OH is 1. The molecule has 0 bridgehead atoms. The third-order valence-corrected chi connectivity index (χ3v) is 8.18. The van der Waals surface area contributed by atoms with E-state index in [1.165, 1.54) is 11.3 Å². The maximum atomic E-state index is 13.4. The second-order valence-electron chi connectivity index (χ2n) is 9.39. The number of aromatic nitrogens is 4. The Morgan fingerprint density at radius 1 is 1.21 bits per heavy atom. The largest absolute Gasteiger partial charge is 0.394 e. The highest BCUT2D eigenvalue weighted by atomic mass is 35.5. The van der Waals surface area contributed by atoms with E-state index in [0.717, 1.165) is 15.6 Å². The molecule has 4 heterocycles. The lowest BCUT2D eigenvalue weighted by Gasteiger charge is -2.32. The molecule has 1 aromatic carbocycles. The molecular weight excluding hydrogens is 526 g/mol. The normalized spacial score (nSPS) is 14.9. The highest BCUT2D eigenvalue weighted by Gasteiger charge is 2.45. The standard InChI is InChI=1S/C26H26ClN7O3S/c1-26(2)23-17(12-20(38-23)18-7-9-28-25(31-18)32-21-8-10-29-33(21)3)24(37)34(26)13-22(36)30-19(14-35)15-5-4-6-16(27)11-15/h4-12,19,35H,13-14H2,1-3H3,(H,30,36)(H,28,31,32). The van der Waals surface area contributed by atoms with Gasteiger partial charge in [-0.25, -0.2) is 9.97 Å². The van der Waals surface area contributed by atoms with E-state index in [2.05, 4.69) is 25.7 Å². The van der Waals surface area contributed by atoms with Gasteiger partial charge in [-0.05, 0) is 43.7 Å². The highest BCUT2D eigenvalue weighted by molar-refractivity contribution is 7.16. The Hall–Kier alpha value is -3.80. The molecule has 196 valence electrons. The van der Waals surface area contributed by atoms with E-state index in [4.69, 9.17) is 11.6 Å². The lowest BCUT2D eigenvalue weighted by Crippen LogP contribution is -2.46. The van der Waals surface area contributed by atoms with Crippen LogP contribution in [0.5, 0.6) is 0 Å². The quantitative estimate of drug-likeness (QED) is 0.303. The van der Waals surface area contributed by atoms with Gasteiger partial charge >= 0.3 is 0 Å². The third kappa shape index (κ3) is 4.87. The number of fused-ring (bicyclic) bond motifs is 1. The Morgan fingerprint density at radius 2 is 2.03 bits per heavy atom. The fraction of sp³-hybridized carbons (Fsp3) is 0.269. The van der Waals surface area contributed by atoms with E-state index in [-0.39, 0.29) is 25.0 Å². The molecule has 1 aliphatic heterocycles. The fourth-order valence-corrected chi connectivity index (χ4v) is 5.86. The minimum Gasteiger partial charge on any atom is -0.394 e. The maximum Gasteiger partial charge on any atom is 0.256 e. The predicted molar refractivity (Wildman–Crippen MR) is 145 cm³/mol. The van der Waals surface area contributed by atoms with Crippen LogP contribution in [-0.4, -0.2) is 54.7 Å². The fourth-order valence-electron chi connectivity index (χ4n) is 4.43. The van der Waals surface area contributed by atoms with E-state index >= 15 is 0 Å². The zero-order valence-corrected chi connectivity index (χ0v) is 22.5. The van der Waals surface area contributed by atoms with E-state index in [9.17, 15) is 14.7 Å². The maximum absolute atomic E-state index is 13.4. The average molecular weight is 552 g/mol. The van der Waals surface area contributed by atoms with Crippen molar-refractivity contribution >= 4 is 46.5 Å². The number of halogens is 1. The van der Waals surface area contributed by atoms with Crippen LogP contribution in [0, 0.1) is 0 Å². The Labute approximate surface area is 228 Å². The number of thiophene rings is 1. The number of benzene rings is 1.